The third kappa shape index (κ3) is 4.08. The summed E-state index contributed by atoms with van der Waals surface area (Å²) in [6, 6.07) is 17.7. The Morgan fingerprint density at radius 3 is 2.69 bits per heavy atom. The van der Waals surface area contributed by atoms with Gasteiger partial charge in [0.25, 0.3) is 0 Å². The molecule has 0 spiro atoms. The van der Waals surface area contributed by atoms with E-state index in [1.54, 1.807) is 42.5 Å². The van der Waals surface area contributed by atoms with Gasteiger partial charge in [-0.3, -0.25) is 0 Å². The highest BCUT2D eigenvalue weighted by Crippen LogP contribution is 2.25. The molecule has 1 N–H and O–H groups in total. The third-order valence-electron chi connectivity index (χ3n) is 4.12. The van der Waals surface area contributed by atoms with Gasteiger partial charge in [0.05, 0.1) is 0 Å². The van der Waals surface area contributed by atoms with Crippen molar-refractivity contribution in [3.05, 3.63) is 94.5 Å². The van der Waals surface area contributed by atoms with Crippen LogP contribution in [0.4, 0.5) is 0 Å². The maximum Gasteiger partial charge on any atom is 0.344 e. The van der Waals surface area contributed by atoms with Crippen LogP contribution in [0.1, 0.15) is 15.9 Å². The van der Waals surface area contributed by atoms with Gasteiger partial charge in [-0.2, -0.15) is 0 Å². The number of ether oxygens (including phenoxy) is 2. The fraction of sp³-hybridized carbons (Fsp3) is 0.0455. The van der Waals surface area contributed by atoms with Gasteiger partial charge < -0.3 is 19.0 Å². The van der Waals surface area contributed by atoms with E-state index in [1.807, 2.05) is 6.07 Å². The van der Waals surface area contributed by atoms with E-state index in [4.69, 9.17) is 13.9 Å². The van der Waals surface area contributed by atoms with Crippen molar-refractivity contribution in [2.75, 3.05) is 0 Å². The first-order valence-electron chi connectivity index (χ1n) is 8.71. The maximum atomic E-state index is 12.6. The topological polar surface area (TPSA) is 98.9 Å². The Bertz CT molecular complexity index is 1230. The lowest BCUT2D eigenvalue weighted by atomic mass is 10.1. The molecule has 0 bridgehead atoms. The predicted octanol–water partition coefficient (Wildman–Crippen LogP) is 4.04. The minimum atomic E-state index is -0.649. The number of pyridine rings is 1. The van der Waals surface area contributed by atoms with E-state index in [0.717, 1.165) is 0 Å². The summed E-state index contributed by atoms with van der Waals surface area (Å²) in [4.78, 5) is 28.5. The van der Waals surface area contributed by atoms with Crippen LogP contribution in [-0.2, 0) is 11.3 Å². The number of hydrogen-bond acceptors (Lipinski definition) is 7. The average Bonchev–Trinajstić information content (AvgIpc) is 2.72. The number of phenols is 1. The molecule has 2 aromatic carbocycles. The van der Waals surface area contributed by atoms with Gasteiger partial charge in [-0.15, -0.1) is 0 Å². The number of nitrogens with zero attached hydrogens (tertiary/aromatic N) is 1. The smallest absolute Gasteiger partial charge is 0.344 e. The summed E-state index contributed by atoms with van der Waals surface area (Å²) in [5.41, 5.74) is 0.210. The van der Waals surface area contributed by atoms with Crippen LogP contribution >= 0.6 is 0 Å². The Kier molecular flexibility index (Phi) is 4.94. The lowest BCUT2D eigenvalue weighted by molar-refractivity contribution is 0.0470. The van der Waals surface area contributed by atoms with Gasteiger partial charge in [0.2, 0.25) is 5.88 Å². The van der Waals surface area contributed by atoms with Crippen LogP contribution in [-0.4, -0.2) is 16.1 Å². The first-order valence-corrected chi connectivity index (χ1v) is 8.71. The quantitative estimate of drug-likeness (QED) is 0.406. The molecule has 7 nitrogen and oxygen atoms in total. The molecule has 0 amide bonds. The summed E-state index contributed by atoms with van der Waals surface area (Å²) < 4.78 is 16.1. The van der Waals surface area contributed by atoms with Gasteiger partial charge in [-0.05, 0) is 36.4 Å². The number of fused-ring (bicyclic) bond motifs is 1. The second-order valence-corrected chi connectivity index (χ2v) is 6.12. The SMILES string of the molecule is O=C(OCc1cc(=O)oc2cc(O)ccc12)c1cccnc1Oc1ccccc1. The molecule has 0 aliphatic rings. The fourth-order valence-corrected chi connectivity index (χ4v) is 2.79. The second kappa shape index (κ2) is 7.85. The number of aromatic hydroxyl groups is 1. The molecule has 0 fully saturated rings. The molecule has 0 radical (unpaired) electrons. The molecule has 0 atom stereocenters. The highest BCUT2D eigenvalue weighted by atomic mass is 16.5. The summed E-state index contributed by atoms with van der Waals surface area (Å²) in [6.45, 7) is -0.161. The van der Waals surface area contributed by atoms with Crippen molar-refractivity contribution in [3.63, 3.8) is 0 Å². The largest absolute Gasteiger partial charge is 0.508 e. The van der Waals surface area contributed by atoms with Crippen molar-refractivity contribution in [2.45, 2.75) is 6.61 Å². The number of hydrogen-bond donors (Lipinski definition) is 1. The molecule has 144 valence electrons. The van der Waals surface area contributed by atoms with Crippen LogP contribution in [0.3, 0.4) is 0 Å². The number of carbonyl (C=O) groups is 1. The number of benzene rings is 2. The molecule has 2 aromatic heterocycles. The summed E-state index contributed by atoms with van der Waals surface area (Å²) in [5.74, 6) is -0.0326. The van der Waals surface area contributed by atoms with Crippen LogP contribution in [0, 0.1) is 0 Å². The van der Waals surface area contributed by atoms with E-state index in [-0.39, 0.29) is 29.4 Å². The molecule has 0 saturated heterocycles. The zero-order valence-corrected chi connectivity index (χ0v) is 15.1. The molecule has 0 aliphatic carbocycles. The van der Waals surface area contributed by atoms with Gasteiger partial charge in [-0.25, -0.2) is 14.6 Å². The summed E-state index contributed by atoms with van der Waals surface area (Å²) >= 11 is 0. The van der Waals surface area contributed by atoms with Gasteiger partial charge >= 0.3 is 11.6 Å². The zero-order valence-electron chi connectivity index (χ0n) is 15.1. The fourth-order valence-electron chi connectivity index (χ4n) is 2.79. The molecule has 0 aliphatic heterocycles. The Labute approximate surface area is 164 Å². The van der Waals surface area contributed by atoms with Crippen molar-refractivity contribution >= 4 is 16.9 Å². The molecule has 0 unspecified atom stereocenters. The van der Waals surface area contributed by atoms with Crippen molar-refractivity contribution in [1.82, 2.24) is 4.98 Å². The molecule has 4 aromatic rings. The van der Waals surface area contributed by atoms with Gasteiger partial charge in [0.15, 0.2) is 0 Å². The molecule has 0 saturated carbocycles. The highest BCUT2D eigenvalue weighted by molar-refractivity contribution is 5.92. The predicted molar refractivity (Wildman–Crippen MR) is 104 cm³/mol. The standard InChI is InChI=1S/C22H15NO6/c24-15-8-9-17-14(11-20(25)29-19(17)12-15)13-27-22(26)18-7-4-10-23-21(18)28-16-5-2-1-3-6-16/h1-12,24H,13H2. The molecule has 7 heteroatoms. The number of esters is 1. The number of aromatic nitrogens is 1. The Morgan fingerprint density at radius 1 is 1.03 bits per heavy atom. The second-order valence-electron chi connectivity index (χ2n) is 6.12. The van der Waals surface area contributed by atoms with E-state index >= 15 is 0 Å². The number of rotatable bonds is 5. The lowest BCUT2D eigenvalue weighted by Crippen LogP contribution is -2.09. The Morgan fingerprint density at radius 2 is 1.86 bits per heavy atom. The Balaban J connectivity index is 1.57. The van der Waals surface area contributed by atoms with E-state index in [0.29, 0.717) is 16.7 Å². The molecular formula is C22H15NO6. The van der Waals surface area contributed by atoms with Gasteiger partial charge in [0, 0.05) is 29.3 Å². The third-order valence-corrected chi connectivity index (χ3v) is 4.12. The van der Waals surface area contributed by atoms with Gasteiger partial charge in [-0.1, -0.05) is 18.2 Å². The Hall–Kier alpha value is -4.13. The number of carbonyl (C=O) groups excluding carboxylic acids is 1. The summed E-state index contributed by atoms with van der Waals surface area (Å²) in [7, 11) is 0. The van der Waals surface area contributed by atoms with Crippen molar-refractivity contribution < 1.29 is 23.8 Å². The van der Waals surface area contributed by atoms with E-state index in [1.165, 1.54) is 24.4 Å². The van der Waals surface area contributed by atoms with Crippen LogP contribution in [0.2, 0.25) is 0 Å². The van der Waals surface area contributed by atoms with Crippen LogP contribution in [0.15, 0.2) is 82.1 Å². The molecule has 4 rings (SSSR count). The van der Waals surface area contributed by atoms with Crippen LogP contribution < -0.4 is 10.4 Å². The highest BCUT2D eigenvalue weighted by Gasteiger charge is 2.17. The number of para-hydroxylation sites is 1. The monoisotopic (exact) mass is 389 g/mol. The molecule has 29 heavy (non-hydrogen) atoms. The van der Waals surface area contributed by atoms with Crippen molar-refractivity contribution in [3.8, 4) is 17.4 Å². The summed E-state index contributed by atoms with van der Waals surface area (Å²) in [6.07, 6.45) is 1.51. The van der Waals surface area contributed by atoms with E-state index < -0.39 is 11.6 Å². The van der Waals surface area contributed by atoms with Crippen molar-refractivity contribution in [2.24, 2.45) is 0 Å². The minimum Gasteiger partial charge on any atom is -0.508 e. The van der Waals surface area contributed by atoms with E-state index in [2.05, 4.69) is 4.98 Å². The molecular weight excluding hydrogens is 374 g/mol. The summed E-state index contributed by atoms with van der Waals surface area (Å²) in [5, 5.41) is 10.1. The van der Waals surface area contributed by atoms with Crippen LogP contribution in [0.25, 0.3) is 11.0 Å². The first kappa shape index (κ1) is 18.2. The van der Waals surface area contributed by atoms with E-state index in [9.17, 15) is 14.7 Å². The lowest BCUT2D eigenvalue weighted by Gasteiger charge is -2.10. The zero-order chi connectivity index (χ0) is 20.2. The van der Waals surface area contributed by atoms with Crippen LogP contribution in [0.5, 0.6) is 17.4 Å². The average molecular weight is 389 g/mol. The van der Waals surface area contributed by atoms with Gasteiger partial charge in [0.1, 0.15) is 29.3 Å². The maximum absolute atomic E-state index is 12.6. The normalized spacial score (nSPS) is 10.6. The molecule has 2 heterocycles. The minimum absolute atomic E-state index is 0.0344. The first-order chi connectivity index (χ1) is 14.1. The van der Waals surface area contributed by atoms with Crippen molar-refractivity contribution in [1.29, 1.82) is 0 Å². The number of phenolic OH excluding ortho intramolecular Hbond substituents is 1.